The Morgan fingerprint density at radius 3 is 2.30 bits per heavy atom. The molecule has 3 aromatic rings. The minimum atomic E-state index is -0.547. The third-order valence-electron chi connectivity index (χ3n) is 6.42. The first kappa shape index (κ1) is 21.2. The fourth-order valence-electron chi connectivity index (χ4n) is 4.67. The maximum Gasteiger partial charge on any atom is 0.254 e. The first-order valence-corrected chi connectivity index (χ1v) is 11.2. The van der Waals surface area contributed by atoms with E-state index in [0.29, 0.717) is 44.0 Å². The Labute approximate surface area is 193 Å². The van der Waals surface area contributed by atoms with Gasteiger partial charge in [0, 0.05) is 31.0 Å². The zero-order valence-electron chi connectivity index (χ0n) is 18.3. The van der Waals surface area contributed by atoms with E-state index in [-0.39, 0.29) is 18.2 Å². The fourth-order valence-corrected chi connectivity index (χ4v) is 4.67. The zero-order valence-corrected chi connectivity index (χ0v) is 18.3. The summed E-state index contributed by atoms with van der Waals surface area (Å²) in [5.74, 6) is 1.34. The molecule has 6 heteroatoms. The number of ether oxygens (including phenoxy) is 2. The van der Waals surface area contributed by atoms with Gasteiger partial charge in [0.1, 0.15) is 11.5 Å². The van der Waals surface area contributed by atoms with E-state index in [1.807, 2.05) is 83.8 Å². The summed E-state index contributed by atoms with van der Waals surface area (Å²) in [4.78, 5) is 28.1. The summed E-state index contributed by atoms with van der Waals surface area (Å²) < 4.78 is 11.4. The summed E-state index contributed by atoms with van der Waals surface area (Å²) in [5.41, 5.74) is 1.90. The highest BCUT2D eigenvalue weighted by Gasteiger charge is 2.46. The number of rotatable bonds is 6. The molecule has 33 heavy (non-hydrogen) atoms. The van der Waals surface area contributed by atoms with Crippen LogP contribution in [0, 0.1) is 0 Å². The van der Waals surface area contributed by atoms with Crippen molar-refractivity contribution >= 4 is 17.5 Å². The molecule has 168 valence electrons. The quantitative estimate of drug-likeness (QED) is 0.583. The first-order valence-electron chi connectivity index (χ1n) is 11.2. The van der Waals surface area contributed by atoms with Crippen molar-refractivity contribution in [2.75, 3.05) is 18.5 Å². The molecule has 1 fully saturated rings. The van der Waals surface area contributed by atoms with Gasteiger partial charge in [0.05, 0.1) is 12.0 Å². The molecule has 0 radical (unpaired) electrons. The molecular formula is C27H26N2O4. The molecule has 1 N–H and O–H groups in total. The van der Waals surface area contributed by atoms with Crippen molar-refractivity contribution < 1.29 is 19.1 Å². The van der Waals surface area contributed by atoms with Gasteiger partial charge in [-0.1, -0.05) is 36.4 Å². The van der Waals surface area contributed by atoms with Crippen LogP contribution in [0.2, 0.25) is 0 Å². The highest BCUT2D eigenvalue weighted by atomic mass is 16.5. The highest BCUT2D eigenvalue weighted by molar-refractivity contribution is 5.99. The first-order chi connectivity index (χ1) is 16.1. The number of carbonyl (C=O) groups excluding carboxylic acids is 2. The van der Waals surface area contributed by atoms with Crippen LogP contribution >= 0.6 is 0 Å². The molecule has 5 rings (SSSR count). The predicted octanol–water partition coefficient (Wildman–Crippen LogP) is 5.01. The van der Waals surface area contributed by atoms with Crippen LogP contribution in [0.4, 0.5) is 5.69 Å². The van der Waals surface area contributed by atoms with Gasteiger partial charge >= 0.3 is 0 Å². The average molecular weight is 443 g/mol. The third-order valence-corrected chi connectivity index (χ3v) is 6.42. The van der Waals surface area contributed by atoms with Gasteiger partial charge in [0.25, 0.3) is 5.91 Å². The van der Waals surface area contributed by atoms with Gasteiger partial charge < -0.3 is 19.7 Å². The molecule has 3 aromatic carbocycles. The summed E-state index contributed by atoms with van der Waals surface area (Å²) >= 11 is 0. The average Bonchev–Trinajstić information content (AvgIpc) is 3.19. The number of anilines is 1. The van der Waals surface area contributed by atoms with Crippen molar-refractivity contribution in [3.05, 3.63) is 90.0 Å². The molecule has 0 atom stereocenters. The van der Waals surface area contributed by atoms with Crippen LogP contribution in [-0.4, -0.2) is 35.5 Å². The summed E-state index contributed by atoms with van der Waals surface area (Å²) in [6.07, 6.45) is 1.52. The molecule has 2 heterocycles. The summed E-state index contributed by atoms with van der Waals surface area (Å²) in [6.45, 7) is 1.62. The molecule has 2 aliphatic rings. The number of hydrogen-bond donors (Lipinski definition) is 1. The molecule has 2 aliphatic heterocycles. The Morgan fingerprint density at radius 1 is 0.909 bits per heavy atom. The lowest BCUT2D eigenvalue weighted by molar-refractivity contribution is -0.120. The zero-order chi connectivity index (χ0) is 22.7. The second kappa shape index (κ2) is 9.08. The fraction of sp³-hybridized carbons (Fsp3) is 0.259. The van der Waals surface area contributed by atoms with Gasteiger partial charge in [-0.05, 0) is 60.9 Å². The van der Waals surface area contributed by atoms with Crippen LogP contribution in [0.1, 0.15) is 35.2 Å². The normalized spacial score (nSPS) is 16.8. The van der Waals surface area contributed by atoms with Gasteiger partial charge in [0.15, 0.2) is 0 Å². The van der Waals surface area contributed by atoms with Crippen LogP contribution in [0.25, 0.3) is 0 Å². The monoisotopic (exact) mass is 442 g/mol. The summed E-state index contributed by atoms with van der Waals surface area (Å²) in [6, 6.07) is 24.5. The van der Waals surface area contributed by atoms with Gasteiger partial charge in [0.2, 0.25) is 5.91 Å². The Kier molecular flexibility index (Phi) is 5.84. The number of benzene rings is 3. The second-order valence-corrected chi connectivity index (χ2v) is 8.55. The van der Waals surface area contributed by atoms with Gasteiger partial charge in [-0.2, -0.15) is 0 Å². The van der Waals surface area contributed by atoms with Gasteiger partial charge in [-0.15, -0.1) is 0 Å². The smallest absolute Gasteiger partial charge is 0.254 e. The van der Waals surface area contributed by atoms with E-state index in [1.165, 1.54) is 0 Å². The third kappa shape index (κ3) is 4.47. The van der Waals surface area contributed by atoms with E-state index < -0.39 is 5.54 Å². The Bertz CT molecular complexity index is 1140. The second-order valence-electron chi connectivity index (χ2n) is 8.55. The largest absolute Gasteiger partial charge is 0.457 e. The van der Waals surface area contributed by atoms with Crippen molar-refractivity contribution in [2.45, 2.75) is 31.3 Å². The number of para-hydroxylation sites is 1. The SMILES string of the molecule is O=C(CC1(N2Cc3ccccc3C2=O)CCOCC1)Nc1ccc(Oc2ccccc2)cc1. The molecule has 0 aromatic heterocycles. The Balaban J connectivity index is 1.27. The van der Waals surface area contributed by atoms with Crippen LogP contribution in [0.5, 0.6) is 11.5 Å². The number of nitrogens with one attached hydrogen (secondary N) is 1. The number of amides is 2. The standard InChI is InChI=1S/C27H26N2O4/c30-25(28-21-10-12-23(13-11-21)33-22-7-2-1-3-8-22)18-27(14-16-32-17-15-27)29-19-20-6-4-5-9-24(20)26(29)31/h1-13H,14-19H2,(H,28,30). The van der Waals surface area contributed by atoms with Crippen molar-refractivity contribution in [3.8, 4) is 11.5 Å². The minimum absolute atomic E-state index is 0.00251. The van der Waals surface area contributed by atoms with Crippen LogP contribution in [0.15, 0.2) is 78.9 Å². The van der Waals surface area contributed by atoms with Crippen LogP contribution in [0.3, 0.4) is 0 Å². The minimum Gasteiger partial charge on any atom is -0.457 e. The van der Waals surface area contributed by atoms with Crippen LogP contribution < -0.4 is 10.1 Å². The lowest BCUT2D eigenvalue weighted by atomic mass is 9.84. The lowest BCUT2D eigenvalue weighted by Crippen LogP contribution is -2.54. The molecule has 6 nitrogen and oxygen atoms in total. The van der Waals surface area contributed by atoms with E-state index in [1.54, 1.807) is 0 Å². The molecule has 0 aliphatic carbocycles. The number of nitrogens with zero attached hydrogens (tertiary/aromatic N) is 1. The Morgan fingerprint density at radius 2 is 1.58 bits per heavy atom. The molecule has 2 amide bonds. The molecule has 0 spiro atoms. The van der Waals surface area contributed by atoms with Crippen molar-refractivity contribution in [1.82, 2.24) is 4.90 Å². The molecule has 0 saturated carbocycles. The topological polar surface area (TPSA) is 67.9 Å². The van der Waals surface area contributed by atoms with Gasteiger partial charge in [-0.25, -0.2) is 0 Å². The number of fused-ring (bicyclic) bond motifs is 1. The van der Waals surface area contributed by atoms with E-state index in [0.717, 1.165) is 16.9 Å². The predicted molar refractivity (Wildman–Crippen MR) is 125 cm³/mol. The maximum absolute atomic E-state index is 13.2. The van der Waals surface area contributed by atoms with Crippen molar-refractivity contribution in [3.63, 3.8) is 0 Å². The van der Waals surface area contributed by atoms with E-state index in [4.69, 9.17) is 9.47 Å². The highest BCUT2D eigenvalue weighted by Crippen LogP contribution is 2.38. The molecule has 0 unspecified atom stereocenters. The molecule has 0 bridgehead atoms. The van der Waals surface area contributed by atoms with Crippen LogP contribution in [-0.2, 0) is 16.1 Å². The Hall–Kier alpha value is -3.64. The number of carbonyl (C=O) groups is 2. The van der Waals surface area contributed by atoms with Gasteiger partial charge in [-0.3, -0.25) is 9.59 Å². The maximum atomic E-state index is 13.2. The van der Waals surface area contributed by atoms with E-state index in [2.05, 4.69) is 5.32 Å². The van der Waals surface area contributed by atoms with E-state index in [9.17, 15) is 9.59 Å². The summed E-state index contributed by atoms with van der Waals surface area (Å²) in [5, 5.41) is 2.99. The van der Waals surface area contributed by atoms with Crippen molar-refractivity contribution in [2.24, 2.45) is 0 Å². The lowest BCUT2D eigenvalue weighted by Gasteiger charge is -2.44. The van der Waals surface area contributed by atoms with Crippen molar-refractivity contribution in [1.29, 1.82) is 0 Å². The summed E-state index contributed by atoms with van der Waals surface area (Å²) in [7, 11) is 0. The number of hydrogen-bond acceptors (Lipinski definition) is 4. The van der Waals surface area contributed by atoms with E-state index >= 15 is 0 Å². The molecular weight excluding hydrogens is 416 g/mol. The molecule has 1 saturated heterocycles.